The van der Waals surface area contributed by atoms with Crippen LogP contribution in [0, 0.1) is 5.92 Å². The Morgan fingerprint density at radius 3 is 2.78 bits per heavy atom. The van der Waals surface area contributed by atoms with Gasteiger partial charge in [-0.1, -0.05) is 29.8 Å². The summed E-state index contributed by atoms with van der Waals surface area (Å²) in [5.41, 5.74) is 7.45. The first kappa shape index (κ1) is 13.0. The number of tetrazole rings is 1. The molecule has 1 aromatic heterocycles. The van der Waals surface area contributed by atoms with E-state index < -0.39 is 0 Å². The Morgan fingerprint density at radius 1 is 1.33 bits per heavy atom. The lowest BCUT2D eigenvalue weighted by molar-refractivity contribution is 0.481. The summed E-state index contributed by atoms with van der Waals surface area (Å²) in [5, 5.41) is 11.8. The third-order valence-corrected chi connectivity index (χ3v) is 3.09. The van der Waals surface area contributed by atoms with Crippen LogP contribution in [0.3, 0.4) is 0 Å². The van der Waals surface area contributed by atoms with Crippen LogP contribution in [0.5, 0.6) is 0 Å². The first-order valence-corrected chi connectivity index (χ1v) is 6.68. The van der Waals surface area contributed by atoms with Gasteiger partial charge in [0.05, 0.1) is 0 Å². The Balaban J connectivity index is 2.30. The molecule has 0 fully saturated rings. The minimum Gasteiger partial charge on any atom is -0.399 e. The van der Waals surface area contributed by atoms with Crippen LogP contribution in [0.1, 0.15) is 20.3 Å². The minimum absolute atomic E-state index is 0.620. The van der Waals surface area contributed by atoms with Crippen LogP contribution in [0.4, 0.5) is 5.69 Å². The van der Waals surface area contributed by atoms with Crippen LogP contribution < -0.4 is 5.73 Å². The van der Waals surface area contributed by atoms with Crippen molar-refractivity contribution < 1.29 is 0 Å². The number of halogens is 1. The maximum absolute atomic E-state index is 5.83. The maximum atomic E-state index is 5.83. The van der Waals surface area contributed by atoms with Crippen molar-refractivity contribution >= 4 is 21.6 Å². The van der Waals surface area contributed by atoms with E-state index in [-0.39, 0.29) is 0 Å². The molecule has 2 aromatic rings. The lowest BCUT2D eigenvalue weighted by Crippen LogP contribution is -2.05. The van der Waals surface area contributed by atoms with E-state index in [0.717, 1.165) is 28.8 Å². The average molecular weight is 310 g/mol. The molecule has 0 radical (unpaired) electrons. The summed E-state index contributed by atoms with van der Waals surface area (Å²) in [4.78, 5) is 0. The summed E-state index contributed by atoms with van der Waals surface area (Å²) >= 11 is 3.43. The second-order valence-corrected chi connectivity index (χ2v) is 5.60. The number of hydrogen-bond acceptors (Lipinski definition) is 4. The van der Waals surface area contributed by atoms with Gasteiger partial charge in [-0.15, -0.1) is 5.10 Å². The summed E-state index contributed by atoms with van der Waals surface area (Å²) in [5.74, 6) is 1.37. The molecule has 0 spiro atoms. The van der Waals surface area contributed by atoms with E-state index >= 15 is 0 Å². The standard InChI is InChI=1S/C12H16BrN5/c1-8(2)3-4-18-12(15-16-17-18)9-5-10(13)7-11(14)6-9/h5-8H,3-4,14H2,1-2H3. The number of nitrogens with two attached hydrogens (primary N) is 1. The van der Waals surface area contributed by atoms with E-state index in [0.29, 0.717) is 11.6 Å². The third kappa shape index (κ3) is 3.07. The van der Waals surface area contributed by atoms with E-state index in [2.05, 4.69) is 45.3 Å². The summed E-state index contributed by atoms with van der Waals surface area (Å²) in [6.45, 7) is 5.18. The molecule has 2 rings (SSSR count). The van der Waals surface area contributed by atoms with Gasteiger partial charge in [0.1, 0.15) is 0 Å². The van der Waals surface area contributed by atoms with Crippen LogP contribution in [-0.4, -0.2) is 20.2 Å². The molecule has 1 aromatic carbocycles. The summed E-state index contributed by atoms with van der Waals surface area (Å²) in [6.07, 6.45) is 1.04. The van der Waals surface area contributed by atoms with Crippen molar-refractivity contribution in [2.24, 2.45) is 5.92 Å². The van der Waals surface area contributed by atoms with Gasteiger partial charge >= 0.3 is 0 Å². The second-order valence-electron chi connectivity index (χ2n) is 4.68. The van der Waals surface area contributed by atoms with E-state index in [1.54, 1.807) is 0 Å². The molecule has 0 atom stereocenters. The van der Waals surface area contributed by atoms with Crippen LogP contribution in [0.2, 0.25) is 0 Å². The average Bonchev–Trinajstić information content (AvgIpc) is 2.72. The molecular formula is C12H16BrN5. The van der Waals surface area contributed by atoms with E-state index in [1.807, 2.05) is 22.9 Å². The number of rotatable bonds is 4. The highest BCUT2D eigenvalue weighted by molar-refractivity contribution is 9.10. The molecule has 1 heterocycles. The molecule has 0 aliphatic carbocycles. The lowest BCUT2D eigenvalue weighted by Gasteiger charge is -2.07. The number of nitrogens with zero attached hydrogens (tertiary/aromatic N) is 4. The molecule has 0 bridgehead atoms. The van der Waals surface area contributed by atoms with Gasteiger partial charge in [0.2, 0.25) is 0 Å². The number of hydrogen-bond donors (Lipinski definition) is 1. The Hall–Kier alpha value is -1.43. The zero-order valence-electron chi connectivity index (χ0n) is 10.5. The summed E-state index contributed by atoms with van der Waals surface area (Å²) in [7, 11) is 0. The first-order chi connectivity index (χ1) is 8.56. The van der Waals surface area contributed by atoms with Crippen LogP contribution >= 0.6 is 15.9 Å². The highest BCUT2D eigenvalue weighted by atomic mass is 79.9. The predicted octanol–water partition coefficient (Wildman–Crippen LogP) is 2.73. The number of aryl methyl sites for hydroxylation is 1. The number of benzene rings is 1. The van der Waals surface area contributed by atoms with Crippen molar-refractivity contribution in [2.45, 2.75) is 26.8 Å². The Kier molecular flexibility index (Phi) is 3.96. The normalized spacial score (nSPS) is 11.1. The quantitative estimate of drug-likeness (QED) is 0.882. The van der Waals surface area contributed by atoms with E-state index in [4.69, 9.17) is 5.73 Å². The molecule has 18 heavy (non-hydrogen) atoms. The molecule has 0 unspecified atom stereocenters. The third-order valence-electron chi connectivity index (χ3n) is 2.63. The number of nitrogen functional groups attached to an aromatic ring is 1. The van der Waals surface area contributed by atoms with Crippen molar-refractivity contribution in [3.05, 3.63) is 22.7 Å². The van der Waals surface area contributed by atoms with Gasteiger partial charge in [-0.3, -0.25) is 0 Å². The predicted molar refractivity (Wildman–Crippen MR) is 74.8 cm³/mol. The molecule has 2 N–H and O–H groups in total. The lowest BCUT2D eigenvalue weighted by atomic mass is 10.1. The molecular weight excluding hydrogens is 294 g/mol. The maximum Gasteiger partial charge on any atom is 0.182 e. The van der Waals surface area contributed by atoms with Crippen LogP contribution in [0.25, 0.3) is 11.4 Å². The van der Waals surface area contributed by atoms with Crippen molar-refractivity contribution in [1.29, 1.82) is 0 Å². The highest BCUT2D eigenvalue weighted by Crippen LogP contribution is 2.24. The van der Waals surface area contributed by atoms with Crippen molar-refractivity contribution in [1.82, 2.24) is 20.2 Å². The topological polar surface area (TPSA) is 69.6 Å². The van der Waals surface area contributed by atoms with Crippen molar-refractivity contribution in [2.75, 3.05) is 5.73 Å². The van der Waals surface area contributed by atoms with E-state index in [9.17, 15) is 0 Å². The fourth-order valence-corrected chi connectivity index (χ4v) is 2.19. The molecule has 6 heteroatoms. The fourth-order valence-electron chi connectivity index (χ4n) is 1.68. The Labute approximate surface area is 115 Å². The molecule has 0 saturated heterocycles. The number of anilines is 1. The monoisotopic (exact) mass is 309 g/mol. The van der Waals surface area contributed by atoms with Crippen LogP contribution in [0.15, 0.2) is 22.7 Å². The molecule has 0 aliphatic rings. The summed E-state index contributed by atoms with van der Waals surface area (Å²) in [6, 6.07) is 5.70. The molecule has 5 nitrogen and oxygen atoms in total. The van der Waals surface area contributed by atoms with Gasteiger partial charge in [-0.2, -0.15) is 0 Å². The second kappa shape index (κ2) is 5.48. The van der Waals surface area contributed by atoms with Gasteiger partial charge < -0.3 is 5.73 Å². The molecule has 0 aliphatic heterocycles. The zero-order valence-corrected chi connectivity index (χ0v) is 12.1. The summed E-state index contributed by atoms with van der Waals surface area (Å²) < 4.78 is 2.75. The smallest absolute Gasteiger partial charge is 0.182 e. The SMILES string of the molecule is CC(C)CCn1nnnc1-c1cc(N)cc(Br)c1. The minimum atomic E-state index is 0.620. The zero-order chi connectivity index (χ0) is 13.1. The Bertz CT molecular complexity index is 515. The van der Waals surface area contributed by atoms with Gasteiger partial charge in [-0.25, -0.2) is 4.68 Å². The van der Waals surface area contributed by atoms with Gasteiger partial charge in [0, 0.05) is 22.3 Å². The molecule has 0 amide bonds. The van der Waals surface area contributed by atoms with Crippen molar-refractivity contribution in [3.8, 4) is 11.4 Å². The fraction of sp³-hybridized carbons (Fsp3) is 0.417. The molecule has 96 valence electrons. The highest BCUT2D eigenvalue weighted by Gasteiger charge is 2.10. The largest absolute Gasteiger partial charge is 0.399 e. The van der Waals surface area contributed by atoms with E-state index in [1.165, 1.54) is 0 Å². The first-order valence-electron chi connectivity index (χ1n) is 5.89. The number of aromatic nitrogens is 4. The van der Waals surface area contributed by atoms with Gasteiger partial charge in [0.25, 0.3) is 0 Å². The molecule has 0 saturated carbocycles. The Morgan fingerprint density at radius 2 is 2.11 bits per heavy atom. The van der Waals surface area contributed by atoms with Crippen molar-refractivity contribution in [3.63, 3.8) is 0 Å². The van der Waals surface area contributed by atoms with Gasteiger partial charge in [-0.05, 0) is 41.0 Å². The van der Waals surface area contributed by atoms with Gasteiger partial charge in [0.15, 0.2) is 5.82 Å². The van der Waals surface area contributed by atoms with Crippen LogP contribution in [-0.2, 0) is 6.54 Å².